The second kappa shape index (κ2) is 6.74. The average Bonchev–Trinajstić information content (AvgIpc) is 3.14. The maximum atomic E-state index is 12.6. The Morgan fingerprint density at radius 1 is 1.15 bits per heavy atom. The summed E-state index contributed by atoms with van der Waals surface area (Å²) in [5.41, 5.74) is 4.54. The van der Waals surface area contributed by atoms with E-state index in [0.29, 0.717) is 6.04 Å². The molecule has 0 radical (unpaired) electrons. The lowest BCUT2D eigenvalue weighted by atomic mass is 10.0. The van der Waals surface area contributed by atoms with E-state index in [4.69, 9.17) is 0 Å². The van der Waals surface area contributed by atoms with Gasteiger partial charge < -0.3 is 10.2 Å². The van der Waals surface area contributed by atoms with Gasteiger partial charge in [-0.3, -0.25) is 4.79 Å². The van der Waals surface area contributed by atoms with Crippen molar-refractivity contribution < 1.29 is 4.79 Å². The van der Waals surface area contributed by atoms with Gasteiger partial charge in [0.25, 0.3) is 5.91 Å². The smallest absolute Gasteiger partial charge is 0.253 e. The van der Waals surface area contributed by atoms with Crippen LogP contribution in [0.25, 0.3) is 5.65 Å². The zero-order chi connectivity index (χ0) is 18.1. The molecule has 1 aliphatic heterocycles. The van der Waals surface area contributed by atoms with Crippen molar-refractivity contribution in [2.45, 2.75) is 32.7 Å². The first-order valence-corrected chi connectivity index (χ1v) is 8.91. The molecule has 26 heavy (non-hydrogen) atoms. The molecule has 1 saturated heterocycles. The lowest BCUT2D eigenvalue weighted by Gasteiger charge is -2.33. The standard InChI is InChI=1S/C19H22N6O/c1-13-14(2)23-25-12-20-22-18(25)17(13)21-16-8-10-24(11-9-16)19(26)15-6-4-3-5-7-15/h3-7,12,16,21H,8-11H2,1-2H3. The summed E-state index contributed by atoms with van der Waals surface area (Å²) in [4.78, 5) is 14.5. The minimum Gasteiger partial charge on any atom is -0.379 e. The third kappa shape index (κ3) is 3.00. The number of aromatic nitrogens is 4. The van der Waals surface area contributed by atoms with Gasteiger partial charge in [0.05, 0.1) is 11.4 Å². The Labute approximate surface area is 152 Å². The van der Waals surface area contributed by atoms with Gasteiger partial charge in [-0.1, -0.05) is 18.2 Å². The fourth-order valence-electron chi connectivity index (χ4n) is 3.42. The van der Waals surface area contributed by atoms with Gasteiger partial charge in [-0.2, -0.15) is 9.61 Å². The van der Waals surface area contributed by atoms with Crippen LogP contribution in [0.15, 0.2) is 36.7 Å². The first-order valence-electron chi connectivity index (χ1n) is 8.91. The van der Waals surface area contributed by atoms with Gasteiger partial charge in [-0.05, 0) is 44.4 Å². The fraction of sp³-hybridized carbons (Fsp3) is 0.368. The van der Waals surface area contributed by atoms with Crippen molar-refractivity contribution in [1.82, 2.24) is 24.7 Å². The zero-order valence-electron chi connectivity index (χ0n) is 15.0. The minimum absolute atomic E-state index is 0.111. The molecule has 1 aliphatic rings. The summed E-state index contributed by atoms with van der Waals surface area (Å²) < 4.78 is 1.71. The number of aryl methyl sites for hydroxylation is 1. The van der Waals surface area contributed by atoms with E-state index in [1.165, 1.54) is 0 Å². The number of hydrogen-bond donors (Lipinski definition) is 1. The molecular weight excluding hydrogens is 328 g/mol. The number of carbonyl (C=O) groups excluding carboxylic acids is 1. The Balaban J connectivity index is 1.46. The lowest BCUT2D eigenvalue weighted by molar-refractivity contribution is 0.0718. The lowest BCUT2D eigenvalue weighted by Crippen LogP contribution is -2.42. The van der Waals surface area contributed by atoms with Crippen molar-refractivity contribution in [3.8, 4) is 0 Å². The molecule has 7 heteroatoms. The van der Waals surface area contributed by atoms with Crippen molar-refractivity contribution in [1.29, 1.82) is 0 Å². The molecule has 3 heterocycles. The normalized spacial score (nSPS) is 15.4. The molecular formula is C19H22N6O. The third-order valence-electron chi connectivity index (χ3n) is 5.08. The van der Waals surface area contributed by atoms with Gasteiger partial charge in [-0.25, -0.2) is 0 Å². The Morgan fingerprint density at radius 2 is 1.88 bits per heavy atom. The fourth-order valence-corrected chi connectivity index (χ4v) is 3.42. The maximum Gasteiger partial charge on any atom is 0.253 e. The van der Waals surface area contributed by atoms with Crippen LogP contribution >= 0.6 is 0 Å². The van der Waals surface area contributed by atoms with Gasteiger partial charge >= 0.3 is 0 Å². The summed E-state index contributed by atoms with van der Waals surface area (Å²) in [6.07, 6.45) is 3.42. The van der Waals surface area contributed by atoms with Gasteiger partial charge in [0.1, 0.15) is 6.33 Å². The number of anilines is 1. The van der Waals surface area contributed by atoms with Crippen LogP contribution in [0.4, 0.5) is 5.69 Å². The van der Waals surface area contributed by atoms with Crippen molar-refractivity contribution >= 4 is 17.2 Å². The van der Waals surface area contributed by atoms with Crippen molar-refractivity contribution in [3.05, 3.63) is 53.5 Å². The first kappa shape index (κ1) is 16.5. The number of amides is 1. The highest BCUT2D eigenvalue weighted by molar-refractivity contribution is 5.94. The van der Waals surface area contributed by atoms with E-state index in [1.54, 1.807) is 10.8 Å². The average molecular weight is 350 g/mol. The molecule has 0 bridgehead atoms. The number of piperidine rings is 1. The van der Waals surface area contributed by atoms with Crippen LogP contribution in [0.1, 0.15) is 34.5 Å². The van der Waals surface area contributed by atoms with E-state index in [-0.39, 0.29) is 5.91 Å². The number of benzene rings is 1. The predicted molar refractivity (Wildman–Crippen MR) is 99.2 cm³/mol. The Bertz CT molecular complexity index is 928. The van der Waals surface area contributed by atoms with Crippen molar-refractivity contribution in [3.63, 3.8) is 0 Å². The molecule has 1 N–H and O–H groups in total. The summed E-state index contributed by atoms with van der Waals surface area (Å²) in [6.45, 7) is 5.53. The van der Waals surface area contributed by atoms with Crippen LogP contribution in [0.3, 0.4) is 0 Å². The number of hydrogen-bond acceptors (Lipinski definition) is 5. The van der Waals surface area contributed by atoms with E-state index < -0.39 is 0 Å². The molecule has 1 fully saturated rings. The van der Waals surface area contributed by atoms with Crippen LogP contribution in [-0.4, -0.2) is 49.7 Å². The zero-order valence-corrected chi connectivity index (χ0v) is 15.0. The predicted octanol–water partition coefficient (Wildman–Crippen LogP) is 2.46. The van der Waals surface area contributed by atoms with E-state index >= 15 is 0 Å². The van der Waals surface area contributed by atoms with Gasteiger partial charge in [0, 0.05) is 24.7 Å². The molecule has 3 aromatic rings. The molecule has 0 atom stereocenters. The molecule has 134 valence electrons. The minimum atomic E-state index is 0.111. The Hall–Kier alpha value is -2.96. The number of rotatable bonds is 3. The number of nitrogens with one attached hydrogen (secondary N) is 1. The van der Waals surface area contributed by atoms with Crippen LogP contribution in [0.5, 0.6) is 0 Å². The second-order valence-corrected chi connectivity index (χ2v) is 6.76. The van der Waals surface area contributed by atoms with Gasteiger partial charge in [-0.15, -0.1) is 10.2 Å². The van der Waals surface area contributed by atoms with Crippen LogP contribution in [0, 0.1) is 13.8 Å². The first-order chi connectivity index (χ1) is 12.6. The number of nitrogens with zero attached hydrogens (tertiary/aromatic N) is 5. The van der Waals surface area contributed by atoms with E-state index in [2.05, 4.69) is 20.6 Å². The van der Waals surface area contributed by atoms with E-state index in [1.807, 2.05) is 49.1 Å². The van der Waals surface area contributed by atoms with Crippen molar-refractivity contribution in [2.24, 2.45) is 0 Å². The maximum absolute atomic E-state index is 12.6. The van der Waals surface area contributed by atoms with Crippen LogP contribution in [-0.2, 0) is 0 Å². The highest BCUT2D eigenvalue weighted by Crippen LogP contribution is 2.25. The SMILES string of the molecule is Cc1nn2cnnc2c(NC2CCN(C(=O)c3ccccc3)CC2)c1C. The largest absolute Gasteiger partial charge is 0.379 e. The van der Waals surface area contributed by atoms with Crippen LogP contribution in [0.2, 0.25) is 0 Å². The molecule has 0 saturated carbocycles. The number of fused-ring (bicyclic) bond motifs is 1. The highest BCUT2D eigenvalue weighted by Gasteiger charge is 2.25. The molecule has 0 spiro atoms. The number of carbonyl (C=O) groups is 1. The molecule has 7 nitrogen and oxygen atoms in total. The van der Waals surface area contributed by atoms with Crippen molar-refractivity contribution in [2.75, 3.05) is 18.4 Å². The monoisotopic (exact) mass is 350 g/mol. The molecule has 4 rings (SSSR count). The third-order valence-corrected chi connectivity index (χ3v) is 5.08. The second-order valence-electron chi connectivity index (χ2n) is 6.76. The Kier molecular flexibility index (Phi) is 4.28. The molecule has 0 aliphatic carbocycles. The van der Waals surface area contributed by atoms with Crippen LogP contribution < -0.4 is 5.32 Å². The summed E-state index contributed by atoms with van der Waals surface area (Å²) in [7, 11) is 0. The summed E-state index contributed by atoms with van der Waals surface area (Å²) in [6, 6.07) is 9.78. The molecule has 0 unspecified atom stereocenters. The molecule has 1 amide bonds. The number of likely N-dealkylation sites (tertiary alicyclic amines) is 1. The van der Waals surface area contributed by atoms with Gasteiger partial charge in [0.2, 0.25) is 5.65 Å². The summed E-state index contributed by atoms with van der Waals surface area (Å²) >= 11 is 0. The van der Waals surface area contributed by atoms with Gasteiger partial charge in [0.15, 0.2) is 0 Å². The topological polar surface area (TPSA) is 75.4 Å². The highest BCUT2D eigenvalue weighted by atomic mass is 16.2. The van der Waals surface area contributed by atoms with E-state index in [0.717, 1.165) is 54.1 Å². The summed E-state index contributed by atoms with van der Waals surface area (Å²) in [5, 5.41) is 16.2. The van der Waals surface area contributed by atoms with E-state index in [9.17, 15) is 4.79 Å². The quantitative estimate of drug-likeness (QED) is 0.785. The summed E-state index contributed by atoms with van der Waals surface area (Å²) in [5.74, 6) is 0.111. The Morgan fingerprint density at radius 3 is 2.62 bits per heavy atom. The molecule has 1 aromatic carbocycles. The molecule has 2 aromatic heterocycles.